The first-order valence-electron chi connectivity index (χ1n) is 8.52. The molecule has 0 bridgehead atoms. The van der Waals surface area contributed by atoms with E-state index in [9.17, 15) is 9.59 Å². The molecule has 0 aromatic heterocycles. The first-order valence-corrected chi connectivity index (χ1v) is 9.28. The number of Topliss-reactive ketones (excluding diaryl/α,β-unsaturated/α-hetero) is 1. The van der Waals surface area contributed by atoms with Crippen molar-refractivity contribution in [3.05, 3.63) is 94.0 Å². The van der Waals surface area contributed by atoms with Crippen molar-refractivity contribution in [1.82, 2.24) is 0 Å². The van der Waals surface area contributed by atoms with Gasteiger partial charge in [0.1, 0.15) is 5.75 Å². The topological polar surface area (TPSA) is 55.4 Å². The zero-order valence-corrected chi connectivity index (χ0v) is 16.5. The molecule has 0 spiro atoms. The summed E-state index contributed by atoms with van der Waals surface area (Å²) in [6.45, 7) is 1.47. The van der Waals surface area contributed by atoms with Crippen LogP contribution in [0, 0.1) is 0 Å². The van der Waals surface area contributed by atoms with E-state index in [1.165, 1.54) is 6.92 Å². The van der Waals surface area contributed by atoms with E-state index in [4.69, 9.17) is 27.9 Å². The minimum absolute atomic E-state index is 0.0834. The van der Waals surface area contributed by atoms with Crippen LogP contribution in [0.15, 0.2) is 72.8 Å². The Bertz CT molecular complexity index is 1010. The molecular weight excluding hydrogens is 397 g/mol. The molecule has 0 aliphatic rings. The summed E-state index contributed by atoms with van der Waals surface area (Å²) in [7, 11) is 0. The number of ether oxygens (including phenoxy) is 1. The second-order valence-electron chi connectivity index (χ2n) is 6.11. The van der Waals surface area contributed by atoms with Crippen LogP contribution in [0.2, 0.25) is 10.0 Å². The molecule has 0 aliphatic heterocycles. The number of carbonyl (C=O) groups excluding carboxylic acids is 2. The molecule has 1 atom stereocenters. The standard InChI is InChI=1S/C22H17Cl2NO3/c1-14(26)16-8-5-9-18(12-16)25-22(27)21(15-6-3-2-4-7-15)28-20-11-10-17(23)13-19(20)24/h2-13,21H,1H3,(H,25,27). The maximum atomic E-state index is 13.0. The predicted octanol–water partition coefficient (Wildman–Crippen LogP) is 5.95. The van der Waals surface area contributed by atoms with Gasteiger partial charge in [0.25, 0.3) is 5.91 Å². The number of amides is 1. The Balaban J connectivity index is 1.89. The lowest BCUT2D eigenvalue weighted by atomic mass is 10.1. The molecule has 6 heteroatoms. The molecule has 0 saturated carbocycles. The van der Waals surface area contributed by atoms with E-state index in [-0.39, 0.29) is 5.78 Å². The second-order valence-corrected chi connectivity index (χ2v) is 6.95. The highest BCUT2D eigenvalue weighted by molar-refractivity contribution is 6.35. The van der Waals surface area contributed by atoms with Gasteiger partial charge in [-0.05, 0) is 37.3 Å². The minimum Gasteiger partial charge on any atom is -0.474 e. The highest BCUT2D eigenvalue weighted by atomic mass is 35.5. The van der Waals surface area contributed by atoms with Gasteiger partial charge in [0.2, 0.25) is 6.10 Å². The molecule has 0 radical (unpaired) electrons. The van der Waals surface area contributed by atoms with Gasteiger partial charge >= 0.3 is 0 Å². The Kier molecular flexibility index (Phi) is 6.34. The number of nitrogens with one attached hydrogen (secondary N) is 1. The maximum Gasteiger partial charge on any atom is 0.270 e. The summed E-state index contributed by atoms with van der Waals surface area (Å²) in [5.74, 6) is -0.134. The molecule has 3 rings (SSSR count). The van der Waals surface area contributed by atoms with Crippen molar-refractivity contribution < 1.29 is 14.3 Å². The zero-order valence-electron chi connectivity index (χ0n) is 15.0. The van der Waals surface area contributed by atoms with Gasteiger partial charge in [-0.2, -0.15) is 0 Å². The highest BCUT2D eigenvalue weighted by Gasteiger charge is 2.24. The lowest BCUT2D eigenvalue weighted by Crippen LogP contribution is -2.26. The average molecular weight is 414 g/mol. The normalized spacial score (nSPS) is 11.5. The lowest BCUT2D eigenvalue weighted by molar-refractivity contribution is -0.123. The van der Waals surface area contributed by atoms with Gasteiger partial charge in [0.05, 0.1) is 5.02 Å². The van der Waals surface area contributed by atoms with E-state index >= 15 is 0 Å². The minimum atomic E-state index is -0.944. The van der Waals surface area contributed by atoms with Crippen molar-refractivity contribution >= 4 is 40.6 Å². The fourth-order valence-corrected chi connectivity index (χ4v) is 3.08. The Labute approximate surface area is 173 Å². The lowest BCUT2D eigenvalue weighted by Gasteiger charge is -2.20. The first-order chi connectivity index (χ1) is 13.4. The molecule has 28 heavy (non-hydrogen) atoms. The Hall–Kier alpha value is -2.82. The molecule has 0 saturated heterocycles. The molecule has 3 aromatic carbocycles. The van der Waals surface area contributed by atoms with Gasteiger partial charge in [-0.3, -0.25) is 9.59 Å². The Morgan fingerprint density at radius 2 is 1.68 bits per heavy atom. The van der Waals surface area contributed by atoms with Crippen molar-refractivity contribution in [2.45, 2.75) is 13.0 Å². The van der Waals surface area contributed by atoms with Crippen LogP contribution in [0.5, 0.6) is 5.75 Å². The van der Waals surface area contributed by atoms with E-state index in [1.807, 2.05) is 18.2 Å². The molecule has 1 unspecified atom stereocenters. The van der Waals surface area contributed by atoms with Crippen LogP contribution in [0.1, 0.15) is 28.9 Å². The second kappa shape index (κ2) is 8.91. The molecule has 142 valence electrons. The van der Waals surface area contributed by atoms with Gasteiger partial charge in [-0.25, -0.2) is 0 Å². The van der Waals surface area contributed by atoms with Crippen LogP contribution in [0.25, 0.3) is 0 Å². The number of benzene rings is 3. The van der Waals surface area contributed by atoms with Crippen LogP contribution >= 0.6 is 23.2 Å². The number of hydrogen-bond acceptors (Lipinski definition) is 3. The molecule has 1 N–H and O–H groups in total. The third-order valence-electron chi connectivity index (χ3n) is 4.02. The number of anilines is 1. The van der Waals surface area contributed by atoms with Gasteiger partial charge in [-0.1, -0.05) is 65.7 Å². The molecular formula is C22H17Cl2NO3. The van der Waals surface area contributed by atoms with Crippen LogP contribution in [0.3, 0.4) is 0 Å². The molecule has 0 heterocycles. The van der Waals surface area contributed by atoms with Crippen molar-refractivity contribution in [3.63, 3.8) is 0 Å². The number of ketones is 1. The smallest absolute Gasteiger partial charge is 0.270 e. The first kappa shape index (κ1) is 19.9. The molecule has 4 nitrogen and oxygen atoms in total. The maximum absolute atomic E-state index is 13.0. The van der Waals surface area contributed by atoms with E-state index in [1.54, 1.807) is 54.6 Å². The molecule has 0 aliphatic carbocycles. The summed E-state index contributed by atoms with van der Waals surface area (Å²) >= 11 is 12.1. The zero-order chi connectivity index (χ0) is 20.1. The summed E-state index contributed by atoms with van der Waals surface area (Å²) in [5, 5.41) is 3.58. The van der Waals surface area contributed by atoms with Crippen molar-refractivity contribution in [2.75, 3.05) is 5.32 Å². The third kappa shape index (κ3) is 4.91. The highest BCUT2D eigenvalue weighted by Crippen LogP contribution is 2.32. The van der Waals surface area contributed by atoms with Crippen LogP contribution in [0.4, 0.5) is 5.69 Å². The molecule has 0 fully saturated rings. The van der Waals surface area contributed by atoms with Gasteiger partial charge in [0.15, 0.2) is 5.78 Å². The number of hydrogen-bond donors (Lipinski definition) is 1. The van der Waals surface area contributed by atoms with Gasteiger partial charge < -0.3 is 10.1 Å². The van der Waals surface area contributed by atoms with Crippen LogP contribution < -0.4 is 10.1 Å². The Morgan fingerprint density at radius 1 is 0.929 bits per heavy atom. The van der Waals surface area contributed by atoms with E-state index in [0.717, 1.165) is 0 Å². The van der Waals surface area contributed by atoms with E-state index in [0.29, 0.717) is 32.6 Å². The predicted molar refractivity (Wildman–Crippen MR) is 111 cm³/mol. The molecule has 3 aromatic rings. The van der Waals surface area contributed by atoms with Crippen molar-refractivity contribution in [2.24, 2.45) is 0 Å². The quantitative estimate of drug-likeness (QED) is 0.507. The van der Waals surface area contributed by atoms with Gasteiger partial charge in [0, 0.05) is 21.8 Å². The number of rotatable bonds is 6. The third-order valence-corrected chi connectivity index (χ3v) is 4.55. The summed E-state index contributed by atoms with van der Waals surface area (Å²) in [5.41, 5.74) is 1.67. The monoisotopic (exact) mass is 413 g/mol. The molecule has 1 amide bonds. The average Bonchev–Trinajstić information content (AvgIpc) is 2.68. The fraction of sp³-hybridized carbons (Fsp3) is 0.0909. The summed E-state index contributed by atoms with van der Waals surface area (Å²) in [6.07, 6.45) is -0.944. The fourth-order valence-electron chi connectivity index (χ4n) is 2.62. The van der Waals surface area contributed by atoms with E-state index < -0.39 is 12.0 Å². The summed E-state index contributed by atoms with van der Waals surface area (Å²) < 4.78 is 5.93. The van der Waals surface area contributed by atoms with Crippen molar-refractivity contribution in [3.8, 4) is 5.75 Å². The SMILES string of the molecule is CC(=O)c1cccc(NC(=O)C(Oc2ccc(Cl)cc2Cl)c2ccccc2)c1. The van der Waals surface area contributed by atoms with Crippen molar-refractivity contribution in [1.29, 1.82) is 0 Å². The largest absolute Gasteiger partial charge is 0.474 e. The van der Waals surface area contributed by atoms with Gasteiger partial charge in [-0.15, -0.1) is 0 Å². The summed E-state index contributed by atoms with van der Waals surface area (Å²) in [6, 6.07) is 20.6. The number of halogens is 2. The van der Waals surface area contributed by atoms with E-state index in [2.05, 4.69) is 5.32 Å². The van der Waals surface area contributed by atoms with Crippen LogP contribution in [-0.2, 0) is 4.79 Å². The van der Waals surface area contributed by atoms with Crippen LogP contribution in [-0.4, -0.2) is 11.7 Å². The number of carbonyl (C=O) groups is 2. The summed E-state index contributed by atoms with van der Waals surface area (Å²) in [4.78, 5) is 24.6. The Morgan fingerprint density at radius 3 is 2.36 bits per heavy atom.